The minimum atomic E-state index is 0.0172. The average molecular weight is 375 g/mol. The monoisotopic (exact) mass is 375 g/mol. The molecule has 1 aromatic carbocycles. The molecule has 1 saturated heterocycles. The van der Waals surface area contributed by atoms with E-state index in [0.717, 1.165) is 36.3 Å². The highest BCUT2D eigenvalue weighted by molar-refractivity contribution is 7.99. The number of thioether (sulfide) groups is 1. The van der Waals surface area contributed by atoms with Crippen molar-refractivity contribution in [1.29, 1.82) is 0 Å². The number of hydrogen-bond donors (Lipinski definition) is 1. The number of aromatic nitrogens is 3. The maximum absolute atomic E-state index is 12.0. The highest BCUT2D eigenvalue weighted by Gasteiger charge is 2.22. The normalized spacial score (nSPS) is 14.5. The van der Waals surface area contributed by atoms with E-state index in [2.05, 4.69) is 39.5 Å². The summed E-state index contributed by atoms with van der Waals surface area (Å²) in [5, 5.41) is 12.4. The molecule has 1 fully saturated rings. The number of amides is 1. The first-order valence-electron chi connectivity index (χ1n) is 8.93. The third-order valence-corrected chi connectivity index (χ3v) is 5.00. The lowest BCUT2D eigenvalue weighted by molar-refractivity contribution is -0.118. The fourth-order valence-electron chi connectivity index (χ4n) is 2.76. The van der Waals surface area contributed by atoms with E-state index >= 15 is 0 Å². The smallest absolute Gasteiger partial charge is 0.232 e. The number of ether oxygens (including phenoxy) is 1. The highest BCUT2D eigenvalue weighted by atomic mass is 32.2. The van der Waals surface area contributed by atoms with Crippen LogP contribution in [0.25, 0.3) is 5.69 Å². The average Bonchev–Trinajstić information content (AvgIpc) is 3.09. The third-order valence-electron chi connectivity index (χ3n) is 4.07. The van der Waals surface area contributed by atoms with Crippen LogP contribution in [0.2, 0.25) is 0 Å². The Labute approximate surface area is 158 Å². The maximum atomic E-state index is 12.0. The lowest BCUT2D eigenvalue weighted by Gasteiger charge is -2.28. The molecule has 0 spiro atoms. The molecule has 1 aliphatic heterocycles. The Kier molecular flexibility index (Phi) is 6.51. The van der Waals surface area contributed by atoms with Gasteiger partial charge in [-0.25, -0.2) is 0 Å². The van der Waals surface area contributed by atoms with Gasteiger partial charge in [0, 0.05) is 19.6 Å². The van der Waals surface area contributed by atoms with E-state index in [-0.39, 0.29) is 5.91 Å². The Balaban J connectivity index is 1.86. The molecule has 0 unspecified atom stereocenters. The van der Waals surface area contributed by atoms with Crippen molar-refractivity contribution >= 4 is 23.6 Å². The van der Waals surface area contributed by atoms with Crippen LogP contribution in [0.15, 0.2) is 29.4 Å². The van der Waals surface area contributed by atoms with Gasteiger partial charge in [0.1, 0.15) is 0 Å². The van der Waals surface area contributed by atoms with E-state index in [1.807, 2.05) is 23.6 Å². The van der Waals surface area contributed by atoms with Crippen molar-refractivity contribution in [3.63, 3.8) is 0 Å². The van der Waals surface area contributed by atoms with Gasteiger partial charge in [0.25, 0.3) is 0 Å². The molecule has 0 radical (unpaired) electrons. The molecule has 0 atom stereocenters. The molecule has 2 heterocycles. The first-order valence-corrected chi connectivity index (χ1v) is 9.92. The number of nitrogens with zero attached hydrogens (tertiary/aromatic N) is 4. The van der Waals surface area contributed by atoms with Crippen molar-refractivity contribution < 1.29 is 9.53 Å². The van der Waals surface area contributed by atoms with Gasteiger partial charge in [-0.3, -0.25) is 9.36 Å². The van der Waals surface area contributed by atoms with E-state index in [1.54, 1.807) is 0 Å². The Hall–Kier alpha value is -2.06. The molecular formula is C18H25N5O2S. The van der Waals surface area contributed by atoms with E-state index in [0.29, 0.717) is 25.5 Å². The van der Waals surface area contributed by atoms with Gasteiger partial charge >= 0.3 is 0 Å². The number of anilines is 1. The van der Waals surface area contributed by atoms with E-state index in [4.69, 9.17) is 4.74 Å². The van der Waals surface area contributed by atoms with Crippen molar-refractivity contribution in [3.8, 4) is 5.69 Å². The molecule has 7 nitrogen and oxygen atoms in total. The molecule has 140 valence electrons. The van der Waals surface area contributed by atoms with E-state index < -0.39 is 0 Å². The van der Waals surface area contributed by atoms with Crippen LogP contribution in [0.5, 0.6) is 0 Å². The van der Waals surface area contributed by atoms with E-state index in [9.17, 15) is 4.79 Å². The van der Waals surface area contributed by atoms with Crippen molar-refractivity contribution in [2.45, 2.75) is 25.4 Å². The summed E-state index contributed by atoms with van der Waals surface area (Å²) in [7, 11) is 0. The number of nitrogens with one attached hydrogen (secondary N) is 1. The zero-order valence-electron chi connectivity index (χ0n) is 15.3. The first kappa shape index (κ1) is 18.7. The minimum Gasteiger partial charge on any atom is -0.378 e. The van der Waals surface area contributed by atoms with Crippen LogP contribution in [-0.2, 0) is 9.53 Å². The Morgan fingerprint density at radius 1 is 1.31 bits per heavy atom. The molecule has 1 N–H and O–H groups in total. The molecule has 2 aromatic rings. The Morgan fingerprint density at radius 3 is 2.85 bits per heavy atom. The number of rotatable bonds is 7. The van der Waals surface area contributed by atoms with Crippen LogP contribution in [0.3, 0.4) is 0 Å². The van der Waals surface area contributed by atoms with Crippen molar-refractivity contribution in [3.05, 3.63) is 29.8 Å². The van der Waals surface area contributed by atoms with Gasteiger partial charge in [0.2, 0.25) is 11.9 Å². The van der Waals surface area contributed by atoms with Gasteiger partial charge < -0.3 is 15.0 Å². The molecule has 1 aromatic heterocycles. The van der Waals surface area contributed by atoms with Crippen LogP contribution < -0.4 is 10.2 Å². The predicted molar refractivity (Wildman–Crippen MR) is 103 cm³/mol. The topological polar surface area (TPSA) is 72.3 Å². The van der Waals surface area contributed by atoms with Crippen LogP contribution >= 0.6 is 11.8 Å². The van der Waals surface area contributed by atoms with Crippen LogP contribution in [-0.4, -0.2) is 59.3 Å². The second-order valence-corrected chi connectivity index (χ2v) is 7.14. The fourth-order valence-corrected chi connectivity index (χ4v) is 3.54. The van der Waals surface area contributed by atoms with Crippen LogP contribution in [0, 0.1) is 6.92 Å². The number of aryl methyl sites for hydroxylation is 1. The fraction of sp³-hybridized carbons (Fsp3) is 0.500. The molecule has 3 rings (SSSR count). The molecule has 1 aliphatic rings. The zero-order valence-corrected chi connectivity index (χ0v) is 16.1. The second kappa shape index (κ2) is 9.05. The minimum absolute atomic E-state index is 0.0172. The number of hydrogen-bond acceptors (Lipinski definition) is 6. The van der Waals surface area contributed by atoms with Gasteiger partial charge in [-0.2, -0.15) is 0 Å². The molecule has 26 heavy (non-hydrogen) atoms. The molecule has 0 saturated carbocycles. The van der Waals surface area contributed by atoms with Gasteiger partial charge in [0.05, 0.1) is 24.7 Å². The number of morpholine rings is 1. The maximum Gasteiger partial charge on any atom is 0.232 e. The second-order valence-electron chi connectivity index (χ2n) is 6.20. The number of carbonyl (C=O) groups is 1. The predicted octanol–water partition coefficient (Wildman–Crippen LogP) is 2.03. The summed E-state index contributed by atoms with van der Waals surface area (Å²) in [6.07, 6.45) is 0.928. The summed E-state index contributed by atoms with van der Waals surface area (Å²) < 4.78 is 7.49. The van der Waals surface area contributed by atoms with Gasteiger partial charge in [0.15, 0.2) is 5.16 Å². The van der Waals surface area contributed by atoms with Gasteiger partial charge in [-0.1, -0.05) is 30.8 Å². The highest BCUT2D eigenvalue weighted by Crippen LogP contribution is 2.27. The summed E-state index contributed by atoms with van der Waals surface area (Å²) in [5.74, 6) is 1.14. The molecule has 1 amide bonds. The third kappa shape index (κ3) is 4.56. The molecule has 0 bridgehead atoms. The van der Waals surface area contributed by atoms with Crippen molar-refractivity contribution in [1.82, 2.24) is 20.1 Å². The SMILES string of the molecule is CCCNC(=O)CSc1nnc(N2CCOCC2)n1-c1cccc(C)c1. The molecular weight excluding hydrogens is 350 g/mol. The van der Waals surface area contributed by atoms with Crippen LogP contribution in [0.1, 0.15) is 18.9 Å². The van der Waals surface area contributed by atoms with Gasteiger partial charge in [-0.15, -0.1) is 10.2 Å². The molecule has 8 heteroatoms. The summed E-state index contributed by atoms with van der Waals surface area (Å²) in [6, 6.07) is 8.24. The number of benzene rings is 1. The lowest BCUT2D eigenvalue weighted by Crippen LogP contribution is -2.37. The summed E-state index contributed by atoms with van der Waals surface area (Å²) in [6.45, 7) is 7.73. The summed E-state index contributed by atoms with van der Waals surface area (Å²) in [5.41, 5.74) is 2.17. The summed E-state index contributed by atoms with van der Waals surface area (Å²) in [4.78, 5) is 14.1. The Bertz CT molecular complexity index is 743. The summed E-state index contributed by atoms with van der Waals surface area (Å²) >= 11 is 1.41. The van der Waals surface area contributed by atoms with Crippen molar-refractivity contribution in [2.24, 2.45) is 0 Å². The largest absolute Gasteiger partial charge is 0.378 e. The standard InChI is InChI=1S/C18H25N5O2S/c1-3-7-19-16(24)13-26-18-21-20-17(22-8-10-25-11-9-22)23(18)15-6-4-5-14(2)12-15/h4-6,12H,3,7-11,13H2,1-2H3,(H,19,24). The Morgan fingerprint density at radius 2 is 2.12 bits per heavy atom. The zero-order chi connectivity index (χ0) is 18.4. The molecule has 0 aliphatic carbocycles. The van der Waals surface area contributed by atoms with Gasteiger partial charge in [-0.05, 0) is 31.0 Å². The van der Waals surface area contributed by atoms with E-state index in [1.165, 1.54) is 17.3 Å². The van der Waals surface area contributed by atoms with Crippen molar-refractivity contribution in [2.75, 3.05) is 43.5 Å². The lowest BCUT2D eigenvalue weighted by atomic mass is 10.2. The van der Waals surface area contributed by atoms with Crippen LogP contribution in [0.4, 0.5) is 5.95 Å². The number of carbonyl (C=O) groups excluding carboxylic acids is 1. The quantitative estimate of drug-likeness (QED) is 0.747. The first-order chi connectivity index (χ1) is 12.7.